The number of hydrogen-bond donors (Lipinski definition) is 0. The highest BCUT2D eigenvalue weighted by Crippen LogP contribution is 2.24. The van der Waals surface area contributed by atoms with E-state index < -0.39 is 0 Å². The molecule has 0 saturated heterocycles. The molecule has 0 unspecified atom stereocenters. The Morgan fingerprint density at radius 1 is 1.25 bits per heavy atom. The van der Waals surface area contributed by atoms with Crippen molar-refractivity contribution in [1.82, 2.24) is 0 Å². The van der Waals surface area contributed by atoms with Gasteiger partial charge in [0.1, 0.15) is 7.11 Å². The third kappa shape index (κ3) is 3.74. The van der Waals surface area contributed by atoms with Crippen molar-refractivity contribution in [3.63, 3.8) is 0 Å². The van der Waals surface area contributed by atoms with Gasteiger partial charge in [0.15, 0.2) is 0 Å². The van der Waals surface area contributed by atoms with E-state index in [0.717, 1.165) is 12.3 Å². The van der Waals surface area contributed by atoms with Gasteiger partial charge in [0.25, 0.3) is 0 Å². The number of nitrogens with zero attached hydrogens (tertiary/aromatic N) is 1. The van der Waals surface area contributed by atoms with Gasteiger partial charge in [0, 0.05) is 6.21 Å². The van der Waals surface area contributed by atoms with Gasteiger partial charge in [-0.25, -0.2) is 0 Å². The van der Waals surface area contributed by atoms with Crippen LogP contribution in [-0.2, 0) is 4.84 Å². The third-order valence-corrected chi connectivity index (χ3v) is 2.59. The molecule has 0 N–H and O–H groups in total. The summed E-state index contributed by atoms with van der Waals surface area (Å²) in [4.78, 5) is 4.63. The maximum absolute atomic E-state index is 4.63. The molecule has 0 atom stereocenters. The zero-order valence-corrected chi connectivity index (χ0v) is 7.96. The monoisotopic (exact) mass is 169 g/mol. The molecule has 12 heavy (non-hydrogen) atoms. The van der Waals surface area contributed by atoms with Crippen LogP contribution in [0.25, 0.3) is 0 Å². The molecule has 0 bridgehead atoms. The van der Waals surface area contributed by atoms with Gasteiger partial charge < -0.3 is 4.84 Å². The first-order valence-electron chi connectivity index (χ1n) is 4.98. The number of hydrogen-bond acceptors (Lipinski definition) is 2. The van der Waals surface area contributed by atoms with E-state index in [-0.39, 0.29) is 0 Å². The van der Waals surface area contributed by atoms with Crippen molar-refractivity contribution >= 4 is 6.21 Å². The molecule has 1 aliphatic carbocycles. The molecule has 0 spiro atoms. The second-order valence-corrected chi connectivity index (χ2v) is 3.56. The highest BCUT2D eigenvalue weighted by molar-refractivity contribution is 5.56. The maximum atomic E-state index is 4.63. The van der Waals surface area contributed by atoms with Crippen LogP contribution in [0.5, 0.6) is 0 Å². The highest BCUT2D eigenvalue weighted by atomic mass is 16.6. The molecule has 70 valence electrons. The van der Waals surface area contributed by atoms with Crippen LogP contribution >= 0.6 is 0 Å². The maximum Gasteiger partial charge on any atom is 0.106 e. The van der Waals surface area contributed by atoms with Crippen LogP contribution in [0.3, 0.4) is 0 Å². The molecule has 0 aromatic carbocycles. The minimum absolute atomic E-state index is 0.867. The summed E-state index contributed by atoms with van der Waals surface area (Å²) in [5.74, 6) is 0.867. The quantitative estimate of drug-likeness (QED) is 0.361. The number of rotatable bonds is 3. The lowest BCUT2D eigenvalue weighted by molar-refractivity contribution is 0.214. The summed E-state index contributed by atoms with van der Waals surface area (Å²) < 4.78 is 0. The highest BCUT2D eigenvalue weighted by Gasteiger charge is 2.10. The normalized spacial score (nSPS) is 21.1. The first-order chi connectivity index (χ1) is 5.93. The van der Waals surface area contributed by atoms with Crippen molar-refractivity contribution in [3.05, 3.63) is 0 Å². The SMILES string of the molecule is CO/N=C/CC1CCCCCC1. The van der Waals surface area contributed by atoms with Crippen LogP contribution in [0.15, 0.2) is 5.16 Å². The van der Waals surface area contributed by atoms with Gasteiger partial charge in [-0.05, 0) is 12.3 Å². The zero-order chi connectivity index (χ0) is 8.65. The smallest absolute Gasteiger partial charge is 0.106 e. The summed E-state index contributed by atoms with van der Waals surface area (Å²) >= 11 is 0. The third-order valence-electron chi connectivity index (χ3n) is 2.59. The second-order valence-electron chi connectivity index (χ2n) is 3.56. The Morgan fingerprint density at radius 3 is 2.50 bits per heavy atom. The molecule has 1 fully saturated rings. The van der Waals surface area contributed by atoms with Gasteiger partial charge in [-0.3, -0.25) is 0 Å². The van der Waals surface area contributed by atoms with Gasteiger partial charge in [0.2, 0.25) is 0 Å². The van der Waals surface area contributed by atoms with E-state index in [9.17, 15) is 0 Å². The molecule has 0 aliphatic heterocycles. The van der Waals surface area contributed by atoms with Crippen molar-refractivity contribution in [2.75, 3.05) is 7.11 Å². The standard InChI is InChI=1S/C10H19NO/c1-12-11-9-8-10-6-4-2-3-5-7-10/h9-10H,2-8H2,1H3/b11-9+. The summed E-state index contributed by atoms with van der Waals surface area (Å²) in [6.45, 7) is 0. The topological polar surface area (TPSA) is 21.6 Å². The van der Waals surface area contributed by atoms with Crippen molar-refractivity contribution in [2.24, 2.45) is 11.1 Å². The molecular formula is C10H19NO. The minimum Gasteiger partial charge on any atom is -0.399 e. The molecule has 0 amide bonds. The Morgan fingerprint density at radius 2 is 1.92 bits per heavy atom. The minimum atomic E-state index is 0.867. The predicted molar refractivity (Wildman–Crippen MR) is 51.3 cm³/mol. The average molecular weight is 169 g/mol. The largest absolute Gasteiger partial charge is 0.399 e. The van der Waals surface area contributed by atoms with E-state index in [2.05, 4.69) is 9.99 Å². The first-order valence-corrected chi connectivity index (χ1v) is 4.98. The van der Waals surface area contributed by atoms with Gasteiger partial charge in [-0.15, -0.1) is 0 Å². The molecule has 0 aromatic heterocycles. The van der Waals surface area contributed by atoms with Crippen LogP contribution in [0.2, 0.25) is 0 Å². The summed E-state index contributed by atoms with van der Waals surface area (Å²) in [5.41, 5.74) is 0. The van der Waals surface area contributed by atoms with Gasteiger partial charge in [-0.1, -0.05) is 43.7 Å². The number of oxime groups is 1. The molecule has 1 aliphatic rings. The average Bonchev–Trinajstić information content (AvgIpc) is 2.33. The van der Waals surface area contributed by atoms with E-state index in [4.69, 9.17) is 0 Å². The fourth-order valence-corrected chi connectivity index (χ4v) is 1.87. The van der Waals surface area contributed by atoms with Gasteiger partial charge in [-0.2, -0.15) is 0 Å². The van der Waals surface area contributed by atoms with Crippen molar-refractivity contribution in [2.45, 2.75) is 44.9 Å². The lowest BCUT2D eigenvalue weighted by atomic mass is 9.97. The Balaban J connectivity index is 2.16. The Hall–Kier alpha value is -0.530. The molecule has 1 rings (SSSR count). The molecule has 0 aromatic rings. The van der Waals surface area contributed by atoms with E-state index in [1.165, 1.54) is 38.5 Å². The van der Waals surface area contributed by atoms with Crippen LogP contribution < -0.4 is 0 Å². The second kappa shape index (κ2) is 6.04. The molecule has 0 radical (unpaired) electrons. The van der Waals surface area contributed by atoms with Crippen LogP contribution in [0.4, 0.5) is 0 Å². The fourth-order valence-electron chi connectivity index (χ4n) is 1.87. The van der Waals surface area contributed by atoms with E-state index in [1.54, 1.807) is 7.11 Å². The zero-order valence-electron chi connectivity index (χ0n) is 7.96. The lowest BCUT2D eigenvalue weighted by Gasteiger charge is -2.09. The summed E-state index contributed by atoms with van der Waals surface area (Å²) in [5, 5.41) is 3.77. The van der Waals surface area contributed by atoms with Crippen LogP contribution in [0, 0.1) is 5.92 Å². The van der Waals surface area contributed by atoms with Crippen molar-refractivity contribution < 1.29 is 4.84 Å². The van der Waals surface area contributed by atoms with Crippen LogP contribution in [0.1, 0.15) is 44.9 Å². The Kier molecular flexibility index (Phi) is 4.81. The fraction of sp³-hybridized carbons (Fsp3) is 0.900. The van der Waals surface area contributed by atoms with Crippen molar-refractivity contribution in [1.29, 1.82) is 0 Å². The summed E-state index contributed by atoms with van der Waals surface area (Å²) in [6, 6.07) is 0. The van der Waals surface area contributed by atoms with E-state index in [0.29, 0.717) is 0 Å². The first kappa shape index (κ1) is 9.56. The molecule has 2 nitrogen and oxygen atoms in total. The van der Waals surface area contributed by atoms with E-state index in [1.807, 2.05) is 6.21 Å². The van der Waals surface area contributed by atoms with Crippen molar-refractivity contribution in [3.8, 4) is 0 Å². The molecule has 1 saturated carbocycles. The van der Waals surface area contributed by atoms with Gasteiger partial charge in [0.05, 0.1) is 0 Å². The summed E-state index contributed by atoms with van der Waals surface area (Å²) in [7, 11) is 1.60. The van der Waals surface area contributed by atoms with E-state index >= 15 is 0 Å². The molecule has 0 heterocycles. The summed E-state index contributed by atoms with van der Waals surface area (Å²) in [6.07, 6.45) is 11.5. The molecule has 2 heteroatoms. The van der Waals surface area contributed by atoms with Gasteiger partial charge >= 0.3 is 0 Å². The Bertz CT molecular complexity index is 126. The Labute approximate surface area is 75.0 Å². The molecular weight excluding hydrogens is 150 g/mol. The van der Waals surface area contributed by atoms with Crippen LogP contribution in [-0.4, -0.2) is 13.3 Å². The predicted octanol–water partition coefficient (Wildman–Crippen LogP) is 2.98. The lowest BCUT2D eigenvalue weighted by Crippen LogP contribution is -1.98.